The van der Waals surface area contributed by atoms with Crippen LogP contribution in [0.5, 0.6) is 0 Å². The van der Waals surface area contributed by atoms with Gasteiger partial charge in [-0.3, -0.25) is 9.69 Å². The van der Waals surface area contributed by atoms with Crippen molar-refractivity contribution in [1.29, 1.82) is 0 Å². The lowest BCUT2D eigenvalue weighted by atomic mass is 9.48. The van der Waals surface area contributed by atoms with E-state index in [4.69, 9.17) is 0 Å². The van der Waals surface area contributed by atoms with Crippen LogP contribution in [0.15, 0.2) is 24.3 Å². The van der Waals surface area contributed by atoms with Crippen LogP contribution in [-0.4, -0.2) is 29.8 Å². The lowest BCUT2D eigenvalue weighted by Gasteiger charge is -2.65. The molecule has 2 aliphatic carbocycles. The smallest absolute Gasteiger partial charge is 0.134 e. The molecule has 0 amide bonds. The molecule has 5 rings (SSSR count). The summed E-state index contributed by atoms with van der Waals surface area (Å²) in [6.45, 7) is 4.14. The maximum Gasteiger partial charge on any atom is 0.134 e. The van der Waals surface area contributed by atoms with Crippen molar-refractivity contribution in [3.05, 3.63) is 35.4 Å². The van der Waals surface area contributed by atoms with E-state index in [9.17, 15) is 4.79 Å². The number of ketones is 1. The lowest BCUT2D eigenvalue weighted by molar-refractivity contribution is -0.139. The van der Waals surface area contributed by atoms with Crippen LogP contribution in [0, 0.1) is 11.8 Å². The highest BCUT2D eigenvalue weighted by molar-refractivity contribution is 5.85. The second kappa shape index (κ2) is 5.35. The number of rotatable bonds is 2. The topological polar surface area (TPSA) is 20.3 Å². The third-order valence-electron chi connectivity index (χ3n) is 6.90. The molecular formula is C19H26ClNO. The first-order valence-corrected chi connectivity index (χ1v) is 8.39. The average Bonchev–Trinajstić information content (AvgIpc) is 2.50. The number of hydrogen-bond acceptors (Lipinski definition) is 2. The number of Topliss-reactive ketones (excluding diaryl/α,β-unsaturated/α-hetero) is 1. The van der Waals surface area contributed by atoms with Gasteiger partial charge in [0.1, 0.15) is 5.78 Å². The van der Waals surface area contributed by atoms with Crippen molar-refractivity contribution < 1.29 is 4.79 Å². The Morgan fingerprint density at radius 3 is 2.73 bits per heavy atom. The number of carbonyl (C=O) groups excluding carboxylic acids is 1. The molecule has 0 spiro atoms. The van der Waals surface area contributed by atoms with Gasteiger partial charge in [-0.1, -0.05) is 31.2 Å². The van der Waals surface area contributed by atoms with Crippen LogP contribution in [0.3, 0.4) is 0 Å². The van der Waals surface area contributed by atoms with Gasteiger partial charge in [0.15, 0.2) is 0 Å². The van der Waals surface area contributed by atoms with Gasteiger partial charge >= 0.3 is 0 Å². The normalized spacial score (nSPS) is 39.0. The first-order valence-electron chi connectivity index (χ1n) is 8.39. The van der Waals surface area contributed by atoms with Crippen molar-refractivity contribution in [2.75, 3.05) is 7.05 Å². The Morgan fingerprint density at radius 2 is 2.05 bits per heavy atom. The minimum absolute atomic E-state index is 0. The van der Waals surface area contributed by atoms with Gasteiger partial charge < -0.3 is 0 Å². The SMILES string of the molecule is CCC12CC3C(C(C)=O)CC1C(Cc1ccccc12)N3C.Cl. The second-order valence-electron chi connectivity index (χ2n) is 7.43. The minimum atomic E-state index is 0. The van der Waals surface area contributed by atoms with E-state index >= 15 is 0 Å². The maximum atomic E-state index is 12.1. The molecule has 2 nitrogen and oxygen atoms in total. The van der Waals surface area contributed by atoms with Crippen LogP contribution in [-0.2, 0) is 16.6 Å². The Bertz CT molecular complexity index is 601. The number of likely N-dealkylation sites (N-methyl/N-ethyl adjacent to an activating group) is 1. The molecule has 22 heavy (non-hydrogen) atoms. The molecule has 2 heterocycles. The molecule has 1 aromatic carbocycles. The van der Waals surface area contributed by atoms with E-state index in [0.29, 0.717) is 29.2 Å². The highest BCUT2D eigenvalue weighted by Crippen LogP contribution is 2.59. The number of piperidine rings is 2. The van der Waals surface area contributed by atoms with Gasteiger partial charge in [0.05, 0.1) is 0 Å². The average molecular weight is 320 g/mol. The summed E-state index contributed by atoms with van der Waals surface area (Å²) in [7, 11) is 2.25. The number of halogens is 1. The molecule has 1 aromatic rings. The number of hydrogen-bond donors (Lipinski definition) is 0. The molecule has 120 valence electrons. The molecular weight excluding hydrogens is 294 g/mol. The molecule has 0 aromatic heterocycles. The number of nitrogens with zero attached hydrogens (tertiary/aromatic N) is 1. The van der Waals surface area contributed by atoms with Crippen molar-refractivity contribution >= 4 is 18.2 Å². The molecule has 3 fully saturated rings. The summed E-state index contributed by atoms with van der Waals surface area (Å²) in [6.07, 6.45) is 4.65. The first-order chi connectivity index (χ1) is 10.1. The van der Waals surface area contributed by atoms with Gasteiger partial charge in [-0.25, -0.2) is 0 Å². The van der Waals surface area contributed by atoms with Crippen molar-refractivity contribution in [1.82, 2.24) is 4.90 Å². The quantitative estimate of drug-likeness (QED) is 0.830. The van der Waals surface area contributed by atoms with Crippen LogP contribution in [0.25, 0.3) is 0 Å². The van der Waals surface area contributed by atoms with Gasteiger partial charge in [-0.15, -0.1) is 12.4 Å². The summed E-state index contributed by atoms with van der Waals surface area (Å²) in [5.74, 6) is 1.32. The zero-order chi connectivity index (χ0) is 14.8. The Morgan fingerprint density at radius 1 is 1.32 bits per heavy atom. The van der Waals surface area contributed by atoms with Gasteiger partial charge in [0.2, 0.25) is 0 Å². The first kappa shape index (κ1) is 16.0. The van der Waals surface area contributed by atoms with Crippen LogP contribution in [0.4, 0.5) is 0 Å². The zero-order valence-electron chi connectivity index (χ0n) is 13.7. The Labute approximate surface area is 139 Å². The standard InChI is InChI=1S/C19H25NO.ClH/c1-4-19-11-18-14(12(2)21)10-16(19)17(20(18)3)9-13-7-5-6-8-15(13)19;/h5-8,14,16-18H,4,9-11H2,1-3H3;1H. The van der Waals surface area contributed by atoms with E-state index in [1.807, 2.05) is 0 Å². The van der Waals surface area contributed by atoms with Crippen LogP contribution < -0.4 is 0 Å². The molecule has 1 saturated carbocycles. The predicted octanol–water partition coefficient (Wildman–Crippen LogP) is 3.61. The van der Waals surface area contributed by atoms with Crippen LogP contribution >= 0.6 is 12.4 Å². The fraction of sp³-hybridized carbons (Fsp3) is 0.632. The second-order valence-corrected chi connectivity index (χ2v) is 7.43. The van der Waals surface area contributed by atoms with Crippen molar-refractivity contribution in [2.45, 2.75) is 57.0 Å². The highest BCUT2D eigenvalue weighted by atomic mass is 35.5. The molecule has 5 unspecified atom stereocenters. The van der Waals surface area contributed by atoms with E-state index in [-0.39, 0.29) is 18.3 Å². The van der Waals surface area contributed by atoms with E-state index in [2.05, 4.69) is 43.1 Å². The van der Waals surface area contributed by atoms with Crippen LogP contribution in [0.1, 0.15) is 44.2 Å². The van der Waals surface area contributed by atoms with Crippen molar-refractivity contribution in [3.63, 3.8) is 0 Å². The molecule has 2 saturated heterocycles. The van der Waals surface area contributed by atoms with Crippen LogP contribution in [0.2, 0.25) is 0 Å². The molecule has 4 bridgehead atoms. The summed E-state index contributed by atoms with van der Waals surface area (Å²) in [6, 6.07) is 10.1. The van der Waals surface area contributed by atoms with Gasteiger partial charge in [0.25, 0.3) is 0 Å². The summed E-state index contributed by atoms with van der Waals surface area (Å²) in [5.41, 5.74) is 3.46. The summed E-state index contributed by atoms with van der Waals surface area (Å²) in [4.78, 5) is 14.6. The van der Waals surface area contributed by atoms with E-state index in [1.165, 1.54) is 19.3 Å². The van der Waals surface area contributed by atoms with Gasteiger partial charge in [0, 0.05) is 23.4 Å². The fourth-order valence-corrected chi connectivity index (χ4v) is 5.85. The van der Waals surface area contributed by atoms with E-state index in [1.54, 1.807) is 18.1 Å². The zero-order valence-corrected chi connectivity index (χ0v) is 14.5. The number of benzene rings is 1. The van der Waals surface area contributed by atoms with Gasteiger partial charge in [-0.2, -0.15) is 0 Å². The van der Waals surface area contributed by atoms with Crippen molar-refractivity contribution in [3.8, 4) is 0 Å². The lowest BCUT2D eigenvalue weighted by Crippen LogP contribution is -2.69. The Kier molecular flexibility index (Phi) is 3.89. The van der Waals surface area contributed by atoms with Crippen molar-refractivity contribution in [2.24, 2.45) is 11.8 Å². The molecule has 4 aliphatic rings. The monoisotopic (exact) mass is 319 g/mol. The summed E-state index contributed by atoms with van der Waals surface area (Å²) < 4.78 is 0. The van der Waals surface area contributed by atoms with E-state index < -0.39 is 0 Å². The fourth-order valence-electron chi connectivity index (χ4n) is 5.85. The largest absolute Gasteiger partial charge is 0.300 e. The Hall–Kier alpha value is -0.860. The maximum absolute atomic E-state index is 12.1. The predicted molar refractivity (Wildman–Crippen MR) is 91.6 cm³/mol. The van der Waals surface area contributed by atoms with E-state index in [0.717, 1.165) is 6.42 Å². The summed E-state index contributed by atoms with van der Waals surface area (Å²) >= 11 is 0. The van der Waals surface area contributed by atoms with Gasteiger partial charge in [-0.05, 0) is 56.7 Å². The number of fused-ring (bicyclic) bond motifs is 2. The highest BCUT2D eigenvalue weighted by Gasteiger charge is 2.60. The minimum Gasteiger partial charge on any atom is -0.300 e. The molecule has 3 heteroatoms. The molecule has 0 N–H and O–H groups in total. The molecule has 5 atom stereocenters. The summed E-state index contributed by atoms with van der Waals surface area (Å²) in [5, 5.41) is 0. The third kappa shape index (κ3) is 1.86. The number of carbonyl (C=O) groups is 1. The molecule has 0 radical (unpaired) electrons. The Balaban J connectivity index is 0.00000144. The third-order valence-corrected chi connectivity index (χ3v) is 6.90. The molecule has 2 aliphatic heterocycles.